The van der Waals surface area contributed by atoms with Gasteiger partial charge in [-0.2, -0.15) is 0 Å². The average molecular weight is 480 g/mol. The van der Waals surface area contributed by atoms with Crippen LogP contribution in [0.2, 0.25) is 0 Å². The van der Waals surface area contributed by atoms with E-state index in [0.29, 0.717) is 11.4 Å². The Hall–Kier alpha value is -3.03. The monoisotopic (exact) mass is 479 g/mol. The standard InChI is InChI=1S/C23H18BrN3O2S/c1-14-5-3-7-20(15(14)2)27-22(29)19(21(28)25-23(27)30)13-18-6-4-12-26(18)17-10-8-16(24)9-11-17/h3-13H,1-2H3,(H,25,28,30)/b19-13+. The van der Waals surface area contributed by atoms with Gasteiger partial charge in [0.25, 0.3) is 11.8 Å². The molecule has 2 heterocycles. The molecule has 5 nitrogen and oxygen atoms in total. The van der Waals surface area contributed by atoms with Gasteiger partial charge in [0.2, 0.25) is 0 Å². The quantitative estimate of drug-likeness (QED) is 0.336. The van der Waals surface area contributed by atoms with Crippen molar-refractivity contribution in [3.63, 3.8) is 0 Å². The summed E-state index contributed by atoms with van der Waals surface area (Å²) in [6.07, 6.45) is 3.48. The predicted octanol–water partition coefficient (Wildman–Crippen LogP) is 4.69. The molecule has 1 fully saturated rings. The minimum atomic E-state index is -0.505. The minimum absolute atomic E-state index is 0.0292. The summed E-state index contributed by atoms with van der Waals surface area (Å²) in [5.41, 5.74) is 4.29. The normalized spacial score (nSPS) is 15.6. The van der Waals surface area contributed by atoms with Gasteiger partial charge >= 0.3 is 0 Å². The average Bonchev–Trinajstić information content (AvgIpc) is 3.17. The number of halogens is 1. The summed E-state index contributed by atoms with van der Waals surface area (Å²) in [7, 11) is 0. The minimum Gasteiger partial charge on any atom is -0.317 e. The van der Waals surface area contributed by atoms with Crippen LogP contribution >= 0.6 is 28.1 Å². The predicted molar refractivity (Wildman–Crippen MR) is 126 cm³/mol. The van der Waals surface area contributed by atoms with Crippen molar-refractivity contribution in [2.24, 2.45) is 0 Å². The molecule has 0 saturated carbocycles. The number of aromatic nitrogens is 1. The summed E-state index contributed by atoms with van der Waals surface area (Å²) in [4.78, 5) is 27.3. The molecule has 0 aliphatic carbocycles. The summed E-state index contributed by atoms with van der Waals surface area (Å²) >= 11 is 8.75. The van der Waals surface area contributed by atoms with E-state index in [1.807, 2.05) is 79.2 Å². The first-order chi connectivity index (χ1) is 14.4. The molecular formula is C23H18BrN3O2S. The van der Waals surface area contributed by atoms with Crippen LogP contribution in [0, 0.1) is 13.8 Å². The zero-order chi connectivity index (χ0) is 21.4. The smallest absolute Gasteiger partial charge is 0.270 e. The van der Waals surface area contributed by atoms with Crippen LogP contribution in [-0.2, 0) is 9.59 Å². The third kappa shape index (κ3) is 3.62. The molecule has 0 bridgehead atoms. The maximum absolute atomic E-state index is 13.3. The van der Waals surface area contributed by atoms with Gasteiger partial charge in [0.15, 0.2) is 5.11 Å². The lowest BCUT2D eigenvalue weighted by Crippen LogP contribution is -2.54. The second-order valence-electron chi connectivity index (χ2n) is 6.96. The Morgan fingerprint density at radius 2 is 1.73 bits per heavy atom. The second-order valence-corrected chi connectivity index (χ2v) is 8.26. The van der Waals surface area contributed by atoms with E-state index in [-0.39, 0.29) is 10.7 Å². The van der Waals surface area contributed by atoms with Crippen molar-refractivity contribution < 1.29 is 9.59 Å². The van der Waals surface area contributed by atoms with Gasteiger partial charge in [-0.15, -0.1) is 0 Å². The van der Waals surface area contributed by atoms with Gasteiger partial charge in [-0.3, -0.25) is 19.8 Å². The summed E-state index contributed by atoms with van der Waals surface area (Å²) in [6, 6.07) is 17.2. The number of nitrogens with zero attached hydrogens (tertiary/aromatic N) is 2. The number of carbonyl (C=O) groups is 2. The molecule has 30 heavy (non-hydrogen) atoms. The van der Waals surface area contributed by atoms with Crippen LogP contribution < -0.4 is 10.2 Å². The van der Waals surface area contributed by atoms with Gasteiger partial charge in [0.1, 0.15) is 5.57 Å². The number of amides is 2. The number of rotatable bonds is 3. The Balaban J connectivity index is 1.77. The van der Waals surface area contributed by atoms with Crippen LogP contribution in [0.4, 0.5) is 5.69 Å². The van der Waals surface area contributed by atoms with Crippen molar-refractivity contribution in [1.82, 2.24) is 9.88 Å². The number of nitrogens with one attached hydrogen (secondary N) is 1. The summed E-state index contributed by atoms with van der Waals surface area (Å²) < 4.78 is 2.88. The molecule has 150 valence electrons. The van der Waals surface area contributed by atoms with Gasteiger partial charge in [-0.1, -0.05) is 28.1 Å². The Labute approximate surface area is 188 Å². The summed E-state index contributed by atoms with van der Waals surface area (Å²) in [5.74, 6) is -0.948. The first kappa shape index (κ1) is 20.3. The van der Waals surface area contributed by atoms with Crippen molar-refractivity contribution in [3.8, 4) is 5.69 Å². The lowest BCUT2D eigenvalue weighted by molar-refractivity contribution is -0.122. The number of benzene rings is 2. The van der Waals surface area contributed by atoms with Gasteiger partial charge in [-0.25, -0.2) is 0 Å². The SMILES string of the molecule is Cc1cccc(N2C(=O)/C(=C/c3cccn3-c3ccc(Br)cc3)C(=O)NC2=S)c1C. The van der Waals surface area contributed by atoms with E-state index in [9.17, 15) is 9.59 Å². The number of thiocarbonyl (C=S) groups is 1. The molecular weight excluding hydrogens is 462 g/mol. The summed E-state index contributed by atoms with van der Waals surface area (Å²) in [5, 5.41) is 2.73. The highest BCUT2D eigenvalue weighted by molar-refractivity contribution is 9.10. The third-order valence-electron chi connectivity index (χ3n) is 5.10. The molecule has 0 radical (unpaired) electrons. The van der Waals surface area contributed by atoms with Crippen molar-refractivity contribution in [3.05, 3.63) is 87.7 Å². The number of carbonyl (C=O) groups excluding carboxylic acids is 2. The fourth-order valence-electron chi connectivity index (χ4n) is 3.35. The maximum atomic E-state index is 13.3. The molecule has 1 aliphatic heterocycles. The fourth-order valence-corrected chi connectivity index (χ4v) is 3.89. The van der Waals surface area contributed by atoms with Crippen molar-refractivity contribution in [1.29, 1.82) is 0 Å². The molecule has 7 heteroatoms. The van der Waals surface area contributed by atoms with Gasteiger partial charge < -0.3 is 4.57 Å². The van der Waals surface area contributed by atoms with E-state index in [4.69, 9.17) is 12.2 Å². The first-order valence-corrected chi connectivity index (χ1v) is 10.5. The van der Waals surface area contributed by atoms with E-state index in [1.54, 1.807) is 6.08 Å². The van der Waals surface area contributed by atoms with Gasteiger partial charge in [0, 0.05) is 22.1 Å². The first-order valence-electron chi connectivity index (χ1n) is 9.28. The highest BCUT2D eigenvalue weighted by Crippen LogP contribution is 2.27. The molecule has 0 atom stereocenters. The fraction of sp³-hybridized carbons (Fsp3) is 0.0870. The van der Waals surface area contributed by atoms with E-state index in [2.05, 4.69) is 21.2 Å². The lowest BCUT2D eigenvalue weighted by Gasteiger charge is -2.30. The third-order valence-corrected chi connectivity index (χ3v) is 5.91. The van der Waals surface area contributed by atoms with Crippen LogP contribution in [0.3, 0.4) is 0 Å². The van der Waals surface area contributed by atoms with E-state index in [0.717, 1.165) is 21.3 Å². The van der Waals surface area contributed by atoms with E-state index < -0.39 is 11.8 Å². The molecule has 1 saturated heterocycles. The number of anilines is 1. The van der Waals surface area contributed by atoms with Crippen molar-refractivity contribution >= 4 is 56.8 Å². The molecule has 0 unspecified atom stereocenters. The molecule has 3 aromatic rings. The van der Waals surface area contributed by atoms with Gasteiger partial charge in [0.05, 0.1) is 5.69 Å². The molecule has 2 aromatic carbocycles. The second kappa shape index (κ2) is 8.01. The highest BCUT2D eigenvalue weighted by atomic mass is 79.9. The largest absolute Gasteiger partial charge is 0.317 e. The van der Waals surface area contributed by atoms with Crippen LogP contribution in [0.25, 0.3) is 11.8 Å². The van der Waals surface area contributed by atoms with E-state index >= 15 is 0 Å². The topological polar surface area (TPSA) is 54.3 Å². The van der Waals surface area contributed by atoms with Crippen LogP contribution in [0.5, 0.6) is 0 Å². The molecule has 1 aromatic heterocycles. The lowest BCUT2D eigenvalue weighted by atomic mass is 10.0. The van der Waals surface area contributed by atoms with Crippen molar-refractivity contribution in [2.45, 2.75) is 13.8 Å². The van der Waals surface area contributed by atoms with Crippen LogP contribution in [0.1, 0.15) is 16.8 Å². The van der Waals surface area contributed by atoms with Crippen LogP contribution in [0.15, 0.2) is 70.8 Å². The Kier molecular flexibility index (Phi) is 5.40. The molecule has 1 N–H and O–H groups in total. The highest BCUT2D eigenvalue weighted by Gasteiger charge is 2.35. The zero-order valence-electron chi connectivity index (χ0n) is 16.3. The summed E-state index contributed by atoms with van der Waals surface area (Å²) in [6.45, 7) is 3.90. The molecule has 4 rings (SSSR count). The van der Waals surface area contributed by atoms with Crippen LogP contribution in [-0.4, -0.2) is 21.5 Å². The maximum Gasteiger partial charge on any atom is 0.270 e. The van der Waals surface area contributed by atoms with E-state index in [1.165, 1.54) is 4.90 Å². The zero-order valence-corrected chi connectivity index (χ0v) is 18.8. The Morgan fingerprint density at radius 1 is 1.00 bits per heavy atom. The Morgan fingerprint density at radius 3 is 2.47 bits per heavy atom. The van der Waals surface area contributed by atoms with Gasteiger partial charge in [-0.05, 0) is 85.7 Å². The van der Waals surface area contributed by atoms with Crippen molar-refractivity contribution in [2.75, 3.05) is 4.90 Å². The number of hydrogen-bond acceptors (Lipinski definition) is 3. The number of aryl methyl sites for hydroxylation is 1. The molecule has 1 aliphatic rings. The Bertz CT molecular complexity index is 1210. The molecule has 2 amide bonds. The number of hydrogen-bond donors (Lipinski definition) is 1. The molecule has 0 spiro atoms.